The fourth-order valence-electron chi connectivity index (χ4n) is 4.93. The molecule has 2 aromatic rings. The molecule has 2 aliphatic rings. The first-order chi connectivity index (χ1) is 15.0. The van der Waals surface area contributed by atoms with Crippen molar-refractivity contribution in [3.63, 3.8) is 0 Å². The van der Waals surface area contributed by atoms with Crippen LogP contribution in [0.2, 0.25) is 0 Å². The molecule has 1 heterocycles. The van der Waals surface area contributed by atoms with Crippen molar-refractivity contribution in [2.24, 2.45) is 5.92 Å². The Morgan fingerprint density at radius 2 is 1.68 bits per heavy atom. The third-order valence-corrected chi connectivity index (χ3v) is 6.92. The number of likely N-dealkylation sites (tertiary alicyclic amines) is 1. The molecule has 2 aromatic carbocycles. The molecule has 0 saturated carbocycles. The van der Waals surface area contributed by atoms with E-state index in [0.29, 0.717) is 42.6 Å². The second kappa shape index (κ2) is 9.62. The Balaban J connectivity index is 1.40. The van der Waals surface area contributed by atoms with Crippen LogP contribution in [-0.2, 0) is 13.0 Å². The maximum absolute atomic E-state index is 13.3. The maximum atomic E-state index is 13.3. The predicted molar refractivity (Wildman–Crippen MR) is 124 cm³/mol. The number of hydrogen-bond donors (Lipinski definition) is 0. The molecule has 1 aliphatic carbocycles. The smallest absolute Gasteiger partial charge is 0.184 e. The van der Waals surface area contributed by atoms with Crippen molar-refractivity contribution >= 4 is 17.4 Å². The van der Waals surface area contributed by atoms with Crippen molar-refractivity contribution in [3.8, 4) is 11.5 Å². The lowest BCUT2D eigenvalue weighted by molar-refractivity contribution is 0.0919. The molecule has 5 heteroatoms. The van der Waals surface area contributed by atoms with Gasteiger partial charge in [-0.05, 0) is 81.8 Å². The molecule has 0 amide bonds. The minimum Gasteiger partial charge on any atom is -0.490 e. The zero-order valence-electron chi connectivity index (χ0n) is 18.5. The van der Waals surface area contributed by atoms with Crippen LogP contribution in [0, 0.1) is 5.92 Å². The number of rotatable bonds is 8. The third kappa shape index (κ3) is 4.91. The lowest BCUT2D eigenvalue weighted by atomic mass is 9.84. The van der Waals surface area contributed by atoms with Gasteiger partial charge in [0.2, 0.25) is 0 Å². The average molecular weight is 442 g/mol. The Morgan fingerprint density at radius 3 is 2.32 bits per heavy atom. The minimum absolute atomic E-state index is 0.0416. The van der Waals surface area contributed by atoms with E-state index in [9.17, 15) is 4.79 Å². The van der Waals surface area contributed by atoms with Crippen LogP contribution in [0.1, 0.15) is 54.6 Å². The highest BCUT2D eigenvalue weighted by Gasteiger charge is 2.46. The van der Waals surface area contributed by atoms with Crippen LogP contribution in [0.3, 0.4) is 0 Å². The summed E-state index contributed by atoms with van der Waals surface area (Å²) in [5, 5.41) is 0. The first-order valence-electron chi connectivity index (χ1n) is 11.4. The predicted octanol–water partition coefficient (Wildman–Crippen LogP) is 5.50. The van der Waals surface area contributed by atoms with Gasteiger partial charge in [-0.2, -0.15) is 0 Å². The molecular formula is C26H32ClNO3. The zero-order valence-corrected chi connectivity index (χ0v) is 19.3. The van der Waals surface area contributed by atoms with E-state index in [1.54, 1.807) is 0 Å². The van der Waals surface area contributed by atoms with Crippen LogP contribution in [0.5, 0.6) is 11.5 Å². The van der Waals surface area contributed by atoms with Gasteiger partial charge in [0.15, 0.2) is 17.3 Å². The van der Waals surface area contributed by atoms with E-state index >= 15 is 0 Å². The summed E-state index contributed by atoms with van der Waals surface area (Å²) in [5.41, 5.74) is 3.03. The SMILES string of the molecule is CCOc1cc2c(cc1OCC)C(=O)C(Cl)(CC1CCN(Cc3ccccc3)CC1)C2. The first-order valence-corrected chi connectivity index (χ1v) is 11.8. The fraction of sp³-hybridized carbons (Fsp3) is 0.500. The average Bonchev–Trinajstić information content (AvgIpc) is 3.00. The van der Waals surface area contributed by atoms with Crippen molar-refractivity contribution in [1.29, 1.82) is 0 Å². The Bertz CT molecular complexity index is 908. The van der Waals surface area contributed by atoms with Crippen LogP contribution in [0.4, 0.5) is 0 Å². The molecule has 31 heavy (non-hydrogen) atoms. The molecule has 1 fully saturated rings. The summed E-state index contributed by atoms with van der Waals surface area (Å²) in [6.07, 6.45) is 3.47. The van der Waals surface area contributed by atoms with Crippen LogP contribution >= 0.6 is 11.6 Å². The molecule has 166 valence electrons. The summed E-state index contributed by atoms with van der Waals surface area (Å²) in [6, 6.07) is 14.4. The number of ketones is 1. The van der Waals surface area contributed by atoms with Crippen LogP contribution in [-0.4, -0.2) is 41.9 Å². The summed E-state index contributed by atoms with van der Waals surface area (Å²) in [5.74, 6) is 1.85. The van der Waals surface area contributed by atoms with E-state index in [1.165, 1.54) is 5.56 Å². The molecule has 1 atom stereocenters. The van der Waals surface area contributed by atoms with Gasteiger partial charge in [-0.15, -0.1) is 11.6 Å². The monoisotopic (exact) mass is 441 g/mol. The van der Waals surface area contributed by atoms with Crippen molar-refractivity contribution in [1.82, 2.24) is 4.90 Å². The number of fused-ring (bicyclic) bond motifs is 1. The molecule has 0 N–H and O–H groups in total. The summed E-state index contributed by atoms with van der Waals surface area (Å²) in [6.45, 7) is 8.06. The van der Waals surface area contributed by atoms with Gasteiger partial charge in [-0.3, -0.25) is 9.69 Å². The minimum atomic E-state index is -0.844. The van der Waals surface area contributed by atoms with E-state index in [1.807, 2.05) is 26.0 Å². The second-order valence-corrected chi connectivity index (χ2v) is 9.43. The number of carbonyl (C=O) groups is 1. The number of benzene rings is 2. The fourth-order valence-corrected chi connectivity index (χ4v) is 5.40. The lowest BCUT2D eigenvalue weighted by Crippen LogP contribution is -2.38. The molecule has 1 aliphatic heterocycles. The van der Waals surface area contributed by atoms with Crippen LogP contribution < -0.4 is 9.47 Å². The molecule has 1 unspecified atom stereocenters. The summed E-state index contributed by atoms with van der Waals surface area (Å²) in [7, 11) is 0. The topological polar surface area (TPSA) is 38.8 Å². The Labute approximate surface area is 190 Å². The van der Waals surface area contributed by atoms with Gasteiger partial charge in [0, 0.05) is 12.1 Å². The summed E-state index contributed by atoms with van der Waals surface area (Å²) >= 11 is 7.00. The number of halogens is 1. The molecule has 4 nitrogen and oxygen atoms in total. The molecule has 1 saturated heterocycles. The number of hydrogen-bond acceptors (Lipinski definition) is 4. The largest absolute Gasteiger partial charge is 0.490 e. The van der Waals surface area contributed by atoms with E-state index < -0.39 is 4.87 Å². The number of Topliss-reactive ketones (excluding diaryl/α,β-unsaturated/α-hetero) is 1. The summed E-state index contributed by atoms with van der Waals surface area (Å²) in [4.78, 5) is 14.9. The Hall–Kier alpha value is -2.04. The van der Waals surface area contributed by atoms with Gasteiger partial charge in [0.05, 0.1) is 13.2 Å². The van der Waals surface area contributed by atoms with Crippen LogP contribution in [0.25, 0.3) is 0 Å². The second-order valence-electron chi connectivity index (χ2n) is 8.70. The van der Waals surface area contributed by atoms with E-state index in [4.69, 9.17) is 21.1 Å². The van der Waals surface area contributed by atoms with Crippen molar-refractivity contribution in [2.75, 3.05) is 26.3 Å². The van der Waals surface area contributed by atoms with Crippen LogP contribution in [0.15, 0.2) is 42.5 Å². The van der Waals surface area contributed by atoms with E-state index in [0.717, 1.165) is 44.5 Å². The normalized spacial score (nSPS) is 21.8. The van der Waals surface area contributed by atoms with Gasteiger partial charge in [-0.1, -0.05) is 30.3 Å². The van der Waals surface area contributed by atoms with Crippen molar-refractivity contribution in [2.45, 2.75) is 50.9 Å². The van der Waals surface area contributed by atoms with Gasteiger partial charge in [0.25, 0.3) is 0 Å². The number of carbonyl (C=O) groups excluding carboxylic acids is 1. The molecule has 0 radical (unpaired) electrons. The maximum Gasteiger partial charge on any atom is 0.184 e. The Kier molecular flexibility index (Phi) is 6.88. The number of alkyl halides is 1. The molecule has 0 bridgehead atoms. The van der Waals surface area contributed by atoms with E-state index in [-0.39, 0.29) is 5.78 Å². The first kappa shape index (κ1) is 22.2. The lowest BCUT2D eigenvalue weighted by Gasteiger charge is -2.34. The summed E-state index contributed by atoms with van der Waals surface area (Å²) < 4.78 is 11.5. The zero-order chi connectivity index (χ0) is 21.8. The van der Waals surface area contributed by atoms with Gasteiger partial charge in [0.1, 0.15) is 4.87 Å². The molecule has 4 rings (SSSR count). The van der Waals surface area contributed by atoms with E-state index in [2.05, 4.69) is 35.2 Å². The number of nitrogens with zero attached hydrogens (tertiary/aromatic N) is 1. The number of piperidine rings is 1. The molecule has 0 aromatic heterocycles. The highest BCUT2D eigenvalue weighted by Crippen LogP contribution is 2.45. The molecular weight excluding hydrogens is 410 g/mol. The number of ether oxygens (including phenoxy) is 2. The quantitative estimate of drug-likeness (QED) is 0.507. The van der Waals surface area contributed by atoms with Gasteiger partial charge >= 0.3 is 0 Å². The van der Waals surface area contributed by atoms with Crippen molar-refractivity contribution in [3.05, 3.63) is 59.2 Å². The van der Waals surface area contributed by atoms with Gasteiger partial charge in [-0.25, -0.2) is 0 Å². The highest BCUT2D eigenvalue weighted by molar-refractivity contribution is 6.39. The molecule has 0 spiro atoms. The third-order valence-electron chi connectivity index (χ3n) is 6.46. The Morgan fingerprint density at radius 1 is 1.03 bits per heavy atom. The van der Waals surface area contributed by atoms with Gasteiger partial charge < -0.3 is 9.47 Å². The highest BCUT2D eigenvalue weighted by atomic mass is 35.5. The van der Waals surface area contributed by atoms with Crippen molar-refractivity contribution < 1.29 is 14.3 Å². The standard InChI is InChI=1S/C26H32ClNO3/c1-3-30-23-14-21-17-26(27,25(29)22(21)15-24(23)31-4-2)16-19-10-12-28(13-11-19)18-20-8-6-5-7-9-20/h5-9,14-15,19H,3-4,10-13,16-18H2,1-2H3.